The summed E-state index contributed by atoms with van der Waals surface area (Å²) in [7, 11) is 0. The van der Waals surface area contributed by atoms with Crippen molar-refractivity contribution in [3.8, 4) is 0 Å². The zero-order valence-corrected chi connectivity index (χ0v) is 12.5. The molecule has 1 heterocycles. The molecule has 2 rings (SSSR count). The molecule has 3 N–H and O–H groups in total. The minimum absolute atomic E-state index is 0.0371. The van der Waals surface area contributed by atoms with E-state index >= 15 is 0 Å². The second-order valence-electron chi connectivity index (χ2n) is 4.40. The summed E-state index contributed by atoms with van der Waals surface area (Å²) in [6.45, 7) is 5.95. The van der Waals surface area contributed by atoms with E-state index in [1.54, 1.807) is 11.3 Å². The molecular formula is C13H15ClFN3S. The molecule has 0 saturated heterocycles. The van der Waals surface area contributed by atoms with Gasteiger partial charge < -0.3 is 11.1 Å². The molecule has 1 aromatic heterocycles. The number of rotatable bonds is 3. The van der Waals surface area contributed by atoms with Gasteiger partial charge in [0.2, 0.25) is 0 Å². The lowest BCUT2D eigenvalue weighted by molar-refractivity contribution is 0.629. The molecule has 0 fully saturated rings. The van der Waals surface area contributed by atoms with Crippen LogP contribution < -0.4 is 11.1 Å². The van der Waals surface area contributed by atoms with Crippen LogP contribution in [0.3, 0.4) is 0 Å². The molecule has 1 aromatic carbocycles. The molecule has 0 bridgehead atoms. The van der Waals surface area contributed by atoms with E-state index in [0.717, 1.165) is 15.6 Å². The molecule has 0 aliphatic heterocycles. The first kappa shape index (κ1) is 14.1. The Morgan fingerprint density at radius 2 is 2.11 bits per heavy atom. The number of thiazole rings is 1. The predicted octanol–water partition coefficient (Wildman–Crippen LogP) is 4.31. The summed E-state index contributed by atoms with van der Waals surface area (Å²) < 4.78 is 13.2. The van der Waals surface area contributed by atoms with E-state index in [-0.39, 0.29) is 11.1 Å². The third-order valence-electron chi connectivity index (χ3n) is 2.80. The molecule has 2 aromatic rings. The van der Waals surface area contributed by atoms with Gasteiger partial charge in [0.05, 0.1) is 33.1 Å². The number of benzene rings is 1. The Morgan fingerprint density at radius 3 is 2.68 bits per heavy atom. The van der Waals surface area contributed by atoms with Crippen LogP contribution in [0.25, 0.3) is 0 Å². The Morgan fingerprint density at radius 1 is 1.42 bits per heavy atom. The zero-order valence-electron chi connectivity index (χ0n) is 10.9. The van der Waals surface area contributed by atoms with Gasteiger partial charge in [0.15, 0.2) is 0 Å². The van der Waals surface area contributed by atoms with E-state index in [0.29, 0.717) is 11.4 Å². The van der Waals surface area contributed by atoms with Crippen molar-refractivity contribution in [3.63, 3.8) is 0 Å². The van der Waals surface area contributed by atoms with E-state index in [9.17, 15) is 4.39 Å². The van der Waals surface area contributed by atoms with Crippen molar-refractivity contribution in [1.82, 2.24) is 4.98 Å². The molecule has 1 unspecified atom stereocenters. The number of nitrogens with zero attached hydrogens (tertiary/aromatic N) is 1. The molecule has 0 radical (unpaired) electrons. The Labute approximate surface area is 120 Å². The monoisotopic (exact) mass is 299 g/mol. The van der Waals surface area contributed by atoms with Gasteiger partial charge in [0, 0.05) is 10.9 Å². The summed E-state index contributed by atoms with van der Waals surface area (Å²) in [5, 5.41) is 4.32. The first-order valence-electron chi connectivity index (χ1n) is 5.83. The van der Waals surface area contributed by atoms with Crippen LogP contribution in [-0.2, 0) is 0 Å². The van der Waals surface area contributed by atoms with Gasteiger partial charge >= 0.3 is 0 Å². The average molecular weight is 300 g/mol. The number of nitrogens with two attached hydrogens (primary N) is 1. The minimum Gasteiger partial charge on any atom is -0.397 e. The van der Waals surface area contributed by atoms with Crippen LogP contribution in [0, 0.1) is 19.7 Å². The fourth-order valence-electron chi connectivity index (χ4n) is 1.93. The maximum absolute atomic E-state index is 13.2. The highest BCUT2D eigenvalue weighted by Crippen LogP contribution is 2.32. The molecule has 3 nitrogen and oxygen atoms in total. The highest BCUT2D eigenvalue weighted by Gasteiger charge is 2.15. The van der Waals surface area contributed by atoms with Crippen molar-refractivity contribution in [2.45, 2.75) is 26.8 Å². The second kappa shape index (κ2) is 5.35. The lowest BCUT2D eigenvalue weighted by atomic mass is 10.2. The van der Waals surface area contributed by atoms with Crippen LogP contribution in [-0.4, -0.2) is 4.98 Å². The number of nitrogen functional groups attached to an aromatic ring is 1. The number of nitrogens with one attached hydrogen (secondary N) is 1. The van der Waals surface area contributed by atoms with Crippen LogP contribution in [0.2, 0.25) is 5.02 Å². The second-order valence-corrected chi connectivity index (χ2v) is 6.04. The fraction of sp³-hybridized carbons (Fsp3) is 0.308. The average Bonchev–Trinajstić information content (AvgIpc) is 2.65. The Bertz CT molecular complexity index is 612. The highest BCUT2D eigenvalue weighted by molar-refractivity contribution is 7.11. The topological polar surface area (TPSA) is 50.9 Å². The van der Waals surface area contributed by atoms with Crippen LogP contribution in [0.4, 0.5) is 15.8 Å². The van der Waals surface area contributed by atoms with Crippen LogP contribution in [0.15, 0.2) is 12.1 Å². The summed E-state index contributed by atoms with van der Waals surface area (Å²) in [6.07, 6.45) is 0. The Balaban J connectivity index is 2.26. The SMILES string of the molecule is Cc1nc(C)c(C(C)Nc2cc(Cl)c(F)cc2N)s1. The Hall–Kier alpha value is -1.33. The summed E-state index contributed by atoms with van der Waals surface area (Å²) >= 11 is 7.40. The molecule has 1 atom stereocenters. The van der Waals surface area contributed by atoms with Crippen molar-refractivity contribution in [2.24, 2.45) is 0 Å². The van der Waals surface area contributed by atoms with Gasteiger partial charge in [-0.2, -0.15) is 0 Å². The van der Waals surface area contributed by atoms with Gasteiger partial charge in [-0.15, -0.1) is 11.3 Å². The number of hydrogen-bond donors (Lipinski definition) is 2. The minimum atomic E-state index is -0.512. The summed E-state index contributed by atoms with van der Waals surface area (Å²) in [4.78, 5) is 5.53. The van der Waals surface area contributed by atoms with Crippen molar-refractivity contribution in [1.29, 1.82) is 0 Å². The fourth-order valence-corrected chi connectivity index (χ4v) is 3.03. The molecule has 0 saturated carbocycles. The maximum Gasteiger partial charge on any atom is 0.143 e. The van der Waals surface area contributed by atoms with Gasteiger partial charge in [0.1, 0.15) is 5.82 Å². The van der Waals surface area contributed by atoms with Crippen molar-refractivity contribution in [3.05, 3.63) is 38.6 Å². The van der Waals surface area contributed by atoms with Gasteiger partial charge in [-0.25, -0.2) is 9.37 Å². The van der Waals surface area contributed by atoms with E-state index in [2.05, 4.69) is 10.3 Å². The molecule has 0 amide bonds. The number of aryl methyl sites for hydroxylation is 2. The van der Waals surface area contributed by atoms with Crippen molar-refractivity contribution < 1.29 is 4.39 Å². The van der Waals surface area contributed by atoms with Crippen LogP contribution >= 0.6 is 22.9 Å². The van der Waals surface area contributed by atoms with Crippen molar-refractivity contribution >= 4 is 34.3 Å². The lowest BCUT2D eigenvalue weighted by Gasteiger charge is -2.16. The van der Waals surface area contributed by atoms with E-state index < -0.39 is 5.82 Å². The van der Waals surface area contributed by atoms with Crippen LogP contribution in [0.5, 0.6) is 0 Å². The van der Waals surface area contributed by atoms with E-state index in [1.807, 2.05) is 20.8 Å². The van der Waals surface area contributed by atoms with Gasteiger partial charge in [0.25, 0.3) is 0 Å². The molecule has 102 valence electrons. The Kier molecular flexibility index (Phi) is 3.96. The number of anilines is 2. The maximum atomic E-state index is 13.2. The smallest absolute Gasteiger partial charge is 0.143 e. The lowest BCUT2D eigenvalue weighted by Crippen LogP contribution is -2.08. The highest BCUT2D eigenvalue weighted by atomic mass is 35.5. The third kappa shape index (κ3) is 2.98. The van der Waals surface area contributed by atoms with Crippen molar-refractivity contribution in [2.75, 3.05) is 11.1 Å². The predicted molar refractivity (Wildman–Crippen MR) is 79.4 cm³/mol. The molecule has 0 aliphatic rings. The zero-order chi connectivity index (χ0) is 14.2. The van der Waals surface area contributed by atoms with E-state index in [4.69, 9.17) is 17.3 Å². The molecule has 0 spiro atoms. The largest absolute Gasteiger partial charge is 0.397 e. The number of hydrogen-bond acceptors (Lipinski definition) is 4. The number of aromatic nitrogens is 1. The third-order valence-corrected chi connectivity index (χ3v) is 4.34. The molecule has 6 heteroatoms. The van der Waals surface area contributed by atoms with E-state index in [1.165, 1.54) is 12.1 Å². The standard InChI is InChI=1S/C13H15ClFN3S/c1-6-13(19-8(3)17-6)7(2)18-12-4-9(14)10(15)5-11(12)16/h4-5,7,18H,16H2,1-3H3. The first-order chi connectivity index (χ1) is 8.88. The summed E-state index contributed by atoms with van der Waals surface area (Å²) in [5.74, 6) is -0.512. The quantitative estimate of drug-likeness (QED) is 0.830. The van der Waals surface area contributed by atoms with Gasteiger partial charge in [-0.05, 0) is 26.8 Å². The molecular weight excluding hydrogens is 285 g/mol. The molecule has 19 heavy (non-hydrogen) atoms. The summed E-state index contributed by atoms with van der Waals surface area (Å²) in [6, 6.07) is 2.77. The number of halogens is 2. The normalized spacial score (nSPS) is 12.5. The van der Waals surface area contributed by atoms with Gasteiger partial charge in [-0.3, -0.25) is 0 Å². The first-order valence-corrected chi connectivity index (χ1v) is 7.03. The molecule has 0 aliphatic carbocycles. The van der Waals surface area contributed by atoms with Gasteiger partial charge in [-0.1, -0.05) is 11.6 Å². The summed E-state index contributed by atoms with van der Waals surface area (Å²) in [5.41, 5.74) is 7.75. The van der Waals surface area contributed by atoms with Crippen LogP contribution in [0.1, 0.15) is 28.5 Å².